The van der Waals surface area contributed by atoms with Crippen molar-refractivity contribution in [3.63, 3.8) is 0 Å². The molecular formula is C72H140O17P2. The fourth-order valence-electron chi connectivity index (χ4n) is 10.9. The van der Waals surface area contributed by atoms with E-state index in [2.05, 4.69) is 41.5 Å². The first-order chi connectivity index (χ1) is 43.9. The molecule has 0 radical (unpaired) electrons. The Morgan fingerprint density at radius 1 is 0.297 bits per heavy atom. The highest BCUT2D eigenvalue weighted by atomic mass is 31.2. The Kier molecular flexibility index (Phi) is 62.7. The van der Waals surface area contributed by atoms with Gasteiger partial charge >= 0.3 is 39.5 Å². The summed E-state index contributed by atoms with van der Waals surface area (Å²) < 4.78 is 68.1. The molecule has 540 valence electrons. The maximum Gasteiger partial charge on any atom is 0.472 e. The lowest BCUT2D eigenvalue weighted by Crippen LogP contribution is -2.30. The molecule has 0 aliphatic rings. The van der Waals surface area contributed by atoms with E-state index in [1.807, 2.05) is 0 Å². The van der Waals surface area contributed by atoms with Crippen molar-refractivity contribution in [1.29, 1.82) is 0 Å². The van der Waals surface area contributed by atoms with Crippen molar-refractivity contribution in [2.75, 3.05) is 39.6 Å². The number of carbonyl (C=O) groups excluding carboxylic acids is 4. The van der Waals surface area contributed by atoms with E-state index in [1.54, 1.807) is 0 Å². The zero-order valence-corrected chi connectivity index (χ0v) is 60.9. The molecule has 0 aromatic carbocycles. The Balaban J connectivity index is 5.15. The molecule has 17 nitrogen and oxygen atoms in total. The molecule has 0 saturated carbocycles. The SMILES string of the molecule is CCCCCCCCCCCCCCCCCCCCC(=O)O[C@H](COC(=O)CCCCCCCCCCCCCCCCC(C)C)COP(=O)(O)OC[C@@H](O)COP(=O)(O)OC[C@@H](COC(=O)CCCCCCC)OC(=O)CCCCCCCCCCC(C)C. The summed E-state index contributed by atoms with van der Waals surface area (Å²) in [6.07, 6.45) is 50.5. The minimum absolute atomic E-state index is 0.104. The number of esters is 4. The lowest BCUT2D eigenvalue weighted by atomic mass is 10.0. The summed E-state index contributed by atoms with van der Waals surface area (Å²) in [5.41, 5.74) is 0. The molecule has 0 amide bonds. The van der Waals surface area contributed by atoms with E-state index in [9.17, 15) is 43.2 Å². The van der Waals surface area contributed by atoms with Crippen molar-refractivity contribution in [1.82, 2.24) is 0 Å². The third-order valence-corrected chi connectivity index (χ3v) is 18.6. The second kappa shape index (κ2) is 64.1. The number of hydrogen-bond donors (Lipinski definition) is 3. The Labute approximate surface area is 556 Å². The van der Waals surface area contributed by atoms with Crippen LogP contribution in [0.15, 0.2) is 0 Å². The first-order valence-electron chi connectivity index (χ1n) is 37.5. The van der Waals surface area contributed by atoms with E-state index in [4.69, 9.17) is 37.0 Å². The number of phosphoric ester groups is 2. The van der Waals surface area contributed by atoms with Crippen LogP contribution in [0.2, 0.25) is 0 Å². The first kappa shape index (κ1) is 89.1. The van der Waals surface area contributed by atoms with Gasteiger partial charge in [0.25, 0.3) is 0 Å². The van der Waals surface area contributed by atoms with Crippen molar-refractivity contribution < 1.29 is 80.2 Å². The maximum absolute atomic E-state index is 13.0. The largest absolute Gasteiger partial charge is 0.472 e. The topological polar surface area (TPSA) is 237 Å². The van der Waals surface area contributed by atoms with E-state index >= 15 is 0 Å². The summed E-state index contributed by atoms with van der Waals surface area (Å²) >= 11 is 0. The zero-order valence-electron chi connectivity index (χ0n) is 59.1. The summed E-state index contributed by atoms with van der Waals surface area (Å²) in [6.45, 7) is 9.46. The van der Waals surface area contributed by atoms with Gasteiger partial charge in [-0.05, 0) is 37.5 Å². The van der Waals surface area contributed by atoms with Gasteiger partial charge in [0, 0.05) is 25.7 Å². The molecule has 2 unspecified atom stereocenters. The van der Waals surface area contributed by atoms with E-state index in [-0.39, 0.29) is 25.7 Å². The zero-order chi connectivity index (χ0) is 67.2. The van der Waals surface area contributed by atoms with Crippen LogP contribution in [0.5, 0.6) is 0 Å². The van der Waals surface area contributed by atoms with E-state index in [0.29, 0.717) is 25.7 Å². The minimum Gasteiger partial charge on any atom is -0.462 e. The normalized spacial score (nSPS) is 14.1. The summed E-state index contributed by atoms with van der Waals surface area (Å²) in [7, 11) is -9.89. The van der Waals surface area contributed by atoms with Crippen LogP contribution in [0.25, 0.3) is 0 Å². The molecule has 0 saturated heterocycles. The average molecular weight is 1340 g/mol. The van der Waals surface area contributed by atoms with Crippen molar-refractivity contribution in [2.24, 2.45) is 11.8 Å². The number of hydrogen-bond acceptors (Lipinski definition) is 15. The van der Waals surface area contributed by atoms with Gasteiger partial charge in [-0.3, -0.25) is 37.3 Å². The Morgan fingerprint density at radius 3 is 0.747 bits per heavy atom. The molecule has 91 heavy (non-hydrogen) atoms. The number of unbranched alkanes of at least 4 members (excludes halogenated alkanes) is 41. The molecule has 0 aromatic heterocycles. The molecule has 0 fully saturated rings. The monoisotopic (exact) mass is 1340 g/mol. The summed E-state index contributed by atoms with van der Waals surface area (Å²) in [5.74, 6) is -0.616. The van der Waals surface area contributed by atoms with Crippen molar-refractivity contribution in [3.8, 4) is 0 Å². The molecule has 0 heterocycles. The summed E-state index contributed by atoms with van der Waals surface area (Å²) in [6, 6.07) is 0. The Morgan fingerprint density at radius 2 is 0.505 bits per heavy atom. The van der Waals surface area contributed by atoms with E-state index < -0.39 is 97.5 Å². The summed E-state index contributed by atoms with van der Waals surface area (Å²) in [5, 5.41) is 10.6. The molecule has 3 N–H and O–H groups in total. The number of rotatable bonds is 71. The van der Waals surface area contributed by atoms with Gasteiger partial charge in [-0.2, -0.15) is 0 Å². The van der Waals surface area contributed by atoms with Crippen LogP contribution in [0.1, 0.15) is 369 Å². The summed E-state index contributed by atoms with van der Waals surface area (Å²) in [4.78, 5) is 72.3. The molecule has 19 heteroatoms. The van der Waals surface area contributed by atoms with Gasteiger partial charge in [0.15, 0.2) is 12.2 Å². The third-order valence-electron chi connectivity index (χ3n) is 16.7. The number of carbonyl (C=O) groups is 4. The predicted octanol–water partition coefficient (Wildman–Crippen LogP) is 20.8. The van der Waals surface area contributed by atoms with Crippen molar-refractivity contribution in [2.45, 2.75) is 387 Å². The first-order valence-corrected chi connectivity index (χ1v) is 40.5. The molecule has 0 rings (SSSR count). The van der Waals surface area contributed by atoms with Crippen LogP contribution in [0, 0.1) is 11.8 Å². The average Bonchev–Trinajstić information content (AvgIpc) is 3.47. The van der Waals surface area contributed by atoms with E-state index in [1.165, 1.54) is 180 Å². The fraction of sp³-hybridized carbons (Fsp3) is 0.944. The molecule has 0 aromatic rings. The molecule has 0 spiro atoms. The number of aliphatic hydroxyl groups excluding tert-OH is 1. The van der Waals surface area contributed by atoms with Gasteiger partial charge in [0.1, 0.15) is 19.3 Å². The molecule has 0 bridgehead atoms. The van der Waals surface area contributed by atoms with Gasteiger partial charge in [0.05, 0.1) is 26.4 Å². The highest BCUT2D eigenvalue weighted by molar-refractivity contribution is 7.47. The minimum atomic E-state index is -4.95. The molecule has 5 atom stereocenters. The van der Waals surface area contributed by atoms with Crippen LogP contribution in [-0.4, -0.2) is 96.7 Å². The number of phosphoric acid groups is 2. The van der Waals surface area contributed by atoms with Gasteiger partial charge in [-0.25, -0.2) is 9.13 Å². The lowest BCUT2D eigenvalue weighted by molar-refractivity contribution is -0.161. The van der Waals surface area contributed by atoms with Gasteiger partial charge in [-0.15, -0.1) is 0 Å². The predicted molar refractivity (Wildman–Crippen MR) is 368 cm³/mol. The molecular weight excluding hydrogens is 1200 g/mol. The van der Waals surface area contributed by atoms with Crippen LogP contribution >= 0.6 is 15.6 Å². The molecule has 0 aliphatic carbocycles. The second-order valence-electron chi connectivity index (χ2n) is 26.9. The van der Waals surface area contributed by atoms with Gasteiger partial charge in [0.2, 0.25) is 0 Å². The highest BCUT2D eigenvalue weighted by Crippen LogP contribution is 2.45. The maximum atomic E-state index is 13.0. The number of ether oxygens (including phenoxy) is 4. The van der Waals surface area contributed by atoms with E-state index in [0.717, 1.165) is 108 Å². The highest BCUT2D eigenvalue weighted by Gasteiger charge is 2.30. The third kappa shape index (κ3) is 66.5. The fourth-order valence-corrected chi connectivity index (χ4v) is 12.5. The van der Waals surface area contributed by atoms with Crippen LogP contribution in [0.4, 0.5) is 0 Å². The van der Waals surface area contributed by atoms with Crippen LogP contribution in [-0.2, 0) is 65.4 Å². The van der Waals surface area contributed by atoms with Gasteiger partial charge < -0.3 is 33.8 Å². The Hall–Kier alpha value is -1.94. The standard InChI is InChI=1S/C72H140O17P2/c1-7-9-11-13-14-15-16-17-18-19-20-21-26-29-32-38-44-50-56-71(76)89-68(61-83-70(75)55-49-43-37-31-28-25-23-22-24-27-30-35-41-46-52-64(3)4)63-87-91(80,81)85-59-66(73)58-84-90(78,79)86-62-67(60-82-69(74)54-48-40-12-10-8-2)88-72(77)57-51-45-39-34-33-36-42-47-53-65(5)6/h64-68,73H,7-63H2,1-6H3,(H,78,79)(H,80,81)/t66-,67+,68+/m0/s1. The second-order valence-corrected chi connectivity index (χ2v) is 29.8. The van der Waals surface area contributed by atoms with Crippen LogP contribution in [0.3, 0.4) is 0 Å². The molecule has 0 aliphatic heterocycles. The van der Waals surface area contributed by atoms with Crippen molar-refractivity contribution >= 4 is 39.5 Å². The Bertz CT molecular complexity index is 1770. The van der Waals surface area contributed by atoms with Crippen LogP contribution < -0.4 is 0 Å². The lowest BCUT2D eigenvalue weighted by Gasteiger charge is -2.21. The number of aliphatic hydroxyl groups is 1. The van der Waals surface area contributed by atoms with Crippen molar-refractivity contribution in [3.05, 3.63) is 0 Å². The van der Waals surface area contributed by atoms with Gasteiger partial charge in [-0.1, -0.05) is 318 Å². The quantitative estimate of drug-likeness (QED) is 0.0222. The smallest absolute Gasteiger partial charge is 0.462 e.